The van der Waals surface area contributed by atoms with Crippen LogP contribution >= 0.6 is 0 Å². The maximum Gasteiger partial charge on any atom is 0.266 e. The van der Waals surface area contributed by atoms with Gasteiger partial charge in [0.25, 0.3) is 5.56 Å². The largest absolute Gasteiger partial charge is 0.494 e. The van der Waals surface area contributed by atoms with E-state index in [1.54, 1.807) is 30.3 Å². The van der Waals surface area contributed by atoms with E-state index in [0.29, 0.717) is 36.5 Å². The minimum atomic E-state index is -0.218. The Labute approximate surface area is 180 Å². The molecule has 7 nitrogen and oxygen atoms in total. The maximum atomic E-state index is 12.2. The molecule has 0 aliphatic heterocycles. The van der Waals surface area contributed by atoms with Crippen molar-refractivity contribution in [1.29, 1.82) is 0 Å². The van der Waals surface area contributed by atoms with Crippen molar-refractivity contribution in [1.82, 2.24) is 9.78 Å². The van der Waals surface area contributed by atoms with Crippen LogP contribution in [0.25, 0.3) is 11.3 Å². The predicted octanol–water partition coefficient (Wildman–Crippen LogP) is 3.93. The lowest BCUT2D eigenvalue weighted by molar-refractivity contribution is -0.116. The maximum absolute atomic E-state index is 12.2. The fourth-order valence-electron chi connectivity index (χ4n) is 3.08. The Bertz CT molecular complexity index is 1120. The summed E-state index contributed by atoms with van der Waals surface area (Å²) >= 11 is 0. The van der Waals surface area contributed by atoms with E-state index in [9.17, 15) is 14.4 Å². The number of ether oxygens (including phenoxy) is 1. The van der Waals surface area contributed by atoms with Crippen LogP contribution in [0.5, 0.6) is 5.75 Å². The number of amides is 1. The Hall–Kier alpha value is -3.74. The molecule has 0 radical (unpaired) electrons. The molecule has 0 saturated carbocycles. The first-order chi connectivity index (χ1) is 15.0. The quantitative estimate of drug-likeness (QED) is 0.531. The molecule has 1 aromatic heterocycles. The number of nitrogens with one attached hydrogen (secondary N) is 1. The van der Waals surface area contributed by atoms with E-state index in [-0.39, 0.29) is 23.7 Å². The van der Waals surface area contributed by atoms with Crippen LogP contribution in [0, 0.1) is 0 Å². The minimum Gasteiger partial charge on any atom is -0.494 e. The lowest BCUT2D eigenvalue weighted by Gasteiger charge is -2.09. The van der Waals surface area contributed by atoms with E-state index in [0.717, 1.165) is 11.3 Å². The molecule has 0 aliphatic rings. The fourth-order valence-corrected chi connectivity index (χ4v) is 3.08. The molecule has 31 heavy (non-hydrogen) atoms. The second-order valence-electron chi connectivity index (χ2n) is 7.03. The van der Waals surface area contributed by atoms with Gasteiger partial charge in [-0.2, -0.15) is 5.10 Å². The summed E-state index contributed by atoms with van der Waals surface area (Å²) in [6.45, 7) is 4.32. The second kappa shape index (κ2) is 10.3. The normalized spacial score (nSPS) is 10.5. The number of hydrogen-bond donors (Lipinski definition) is 1. The summed E-state index contributed by atoms with van der Waals surface area (Å²) < 4.78 is 6.82. The average Bonchev–Trinajstić information content (AvgIpc) is 2.76. The van der Waals surface area contributed by atoms with Crippen molar-refractivity contribution >= 4 is 17.4 Å². The van der Waals surface area contributed by atoms with Gasteiger partial charge in [0.2, 0.25) is 5.91 Å². The molecule has 0 spiro atoms. The van der Waals surface area contributed by atoms with Crippen LogP contribution in [-0.2, 0) is 11.3 Å². The van der Waals surface area contributed by atoms with Gasteiger partial charge < -0.3 is 10.1 Å². The van der Waals surface area contributed by atoms with E-state index < -0.39 is 0 Å². The highest BCUT2D eigenvalue weighted by molar-refractivity contribution is 5.97. The van der Waals surface area contributed by atoms with E-state index in [1.165, 1.54) is 17.7 Å². The smallest absolute Gasteiger partial charge is 0.266 e. The third kappa shape index (κ3) is 6.12. The van der Waals surface area contributed by atoms with Crippen molar-refractivity contribution in [2.24, 2.45) is 0 Å². The molecule has 0 fully saturated rings. The molecule has 7 heteroatoms. The summed E-state index contributed by atoms with van der Waals surface area (Å²) in [6.07, 6.45) is 0.684. The number of aryl methyl sites for hydroxylation is 1. The fraction of sp³-hybridized carbons (Fsp3) is 0.250. The lowest BCUT2D eigenvalue weighted by atomic mass is 10.1. The van der Waals surface area contributed by atoms with Crippen molar-refractivity contribution in [3.8, 4) is 17.0 Å². The molecule has 2 aromatic carbocycles. The lowest BCUT2D eigenvalue weighted by Crippen LogP contribution is -2.23. The molecule has 3 aromatic rings. The summed E-state index contributed by atoms with van der Waals surface area (Å²) in [4.78, 5) is 35.8. The molecular weight excluding hydrogens is 394 g/mol. The van der Waals surface area contributed by atoms with Crippen LogP contribution < -0.4 is 15.6 Å². The molecule has 1 heterocycles. The van der Waals surface area contributed by atoms with Crippen molar-refractivity contribution < 1.29 is 14.3 Å². The summed E-state index contributed by atoms with van der Waals surface area (Å²) in [7, 11) is 0. The first-order valence-electron chi connectivity index (χ1n) is 10.2. The average molecular weight is 419 g/mol. The van der Waals surface area contributed by atoms with Crippen LogP contribution in [0.1, 0.15) is 37.0 Å². The van der Waals surface area contributed by atoms with Gasteiger partial charge in [-0.1, -0.05) is 12.1 Å². The van der Waals surface area contributed by atoms with Crippen LogP contribution in [0.15, 0.2) is 65.5 Å². The molecule has 0 unspecified atom stereocenters. The molecule has 3 rings (SSSR count). The van der Waals surface area contributed by atoms with Gasteiger partial charge in [-0.25, -0.2) is 4.68 Å². The minimum absolute atomic E-state index is 0.0611. The molecule has 0 aliphatic carbocycles. The van der Waals surface area contributed by atoms with E-state index >= 15 is 0 Å². The van der Waals surface area contributed by atoms with Gasteiger partial charge in [0, 0.05) is 35.8 Å². The Morgan fingerprint density at radius 1 is 1.06 bits per heavy atom. The summed E-state index contributed by atoms with van der Waals surface area (Å²) in [5.41, 5.74) is 2.45. The Morgan fingerprint density at radius 3 is 2.55 bits per heavy atom. The van der Waals surface area contributed by atoms with Gasteiger partial charge in [-0.05, 0) is 62.7 Å². The Kier molecular flexibility index (Phi) is 7.32. The highest BCUT2D eigenvalue weighted by atomic mass is 16.5. The van der Waals surface area contributed by atoms with Gasteiger partial charge in [0.15, 0.2) is 5.78 Å². The molecule has 160 valence electrons. The summed E-state index contributed by atoms with van der Waals surface area (Å²) in [5, 5.41) is 7.20. The first-order valence-corrected chi connectivity index (χ1v) is 10.2. The predicted molar refractivity (Wildman–Crippen MR) is 119 cm³/mol. The highest BCUT2D eigenvalue weighted by Crippen LogP contribution is 2.20. The standard InChI is InChI=1S/C24H25N3O4/c1-3-31-21-11-9-18(10-12-21)22-13-14-24(30)27(26-22)15-5-8-23(29)25-20-7-4-6-19(16-20)17(2)28/h4,6-7,9-14,16H,3,5,8,15H2,1-2H3,(H,25,29). The number of anilines is 1. The Balaban J connectivity index is 1.59. The van der Waals surface area contributed by atoms with Crippen LogP contribution in [0.2, 0.25) is 0 Å². The molecular formula is C24H25N3O4. The number of nitrogens with zero attached hydrogens (tertiary/aromatic N) is 2. The molecule has 0 bridgehead atoms. The van der Waals surface area contributed by atoms with Gasteiger partial charge >= 0.3 is 0 Å². The highest BCUT2D eigenvalue weighted by Gasteiger charge is 2.08. The number of carbonyl (C=O) groups is 2. The number of carbonyl (C=O) groups excluding carboxylic acids is 2. The number of Topliss-reactive ketones (excluding diaryl/α,β-unsaturated/α-hetero) is 1. The number of ketones is 1. The SMILES string of the molecule is CCOc1ccc(-c2ccc(=O)n(CCCC(=O)Nc3cccc(C(C)=O)c3)n2)cc1. The zero-order valence-corrected chi connectivity index (χ0v) is 17.6. The van der Waals surface area contributed by atoms with Crippen molar-refractivity contribution in [3.63, 3.8) is 0 Å². The van der Waals surface area contributed by atoms with Gasteiger partial charge in [-0.15, -0.1) is 0 Å². The third-order valence-electron chi connectivity index (χ3n) is 4.65. The van der Waals surface area contributed by atoms with E-state index in [2.05, 4.69) is 10.4 Å². The number of aromatic nitrogens is 2. The van der Waals surface area contributed by atoms with Gasteiger partial charge in [-0.3, -0.25) is 14.4 Å². The Morgan fingerprint density at radius 2 is 1.84 bits per heavy atom. The van der Waals surface area contributed by atoms with Crippen LogP contribution in [0.3, 0.4) is 0 Å². The number of hydrogen-bond acceptors (Lipinski definition) is 5. The first kappa shape index (κ1) is 22.0. The molecule has 0 saturated heterocycles. The van der Waals surface area contributed by atoms with Crippen molar-refractivity contribution in [2.75, 3.05) is 11.9 Å². The van der Waals surface area contributed by atoms with Gasteiger partial charge in [0.1, 0.15) is 5.75 Å². The van der Waals surface area contributed by atoms with E-state index in [4.69, 9.17) is 4.74 Å². The third-order valence-corrected chi connectivity index (χ3v) is 4.65. The van der Waals surface area contributed by atoms with Gasteiger partial charge in [0.05, 0.1) is 12.3 Å². The van der Waals surface area contributed by atoms with Crippen molar-refractivity contribution in [3.05, 3.63) is 76.6 Å². The zero-order chi connectivity index (χ0) is 22.2. The monoisotopic (exact) mass is 419 g/mol. The molecule has 0 atom stereocenters. The number of benzene rings is 2. The molecule has 1 N–H and O–H groups in total. The number of rotatable bonds is 9. The van der Waals surface area contributed by atoms with Crippen molar-refractivity contribution in [2.45, 2.75) is 33.2 Å². The van der Waals surface area contributed by atoms with Crippen LogP contribution in [-0.4, -0.2) is 28.1 Å². The molecule has 1 amide bonds. The summed E-state index contributed by atoms with van der Waals surface area (Å²) in [6, 6.07) is 17.5. The second-order valence-corrected chi connectivity index (χ2v) is 7.03. The van der Waals surface area contributed by atoms with E-state index in [1.807, 2.05) is 31.2 Å². The summed E-state index contributed by atoms with van der Waals surface area (Å²) in [5.74, 6) is 0.532. The van der Waals surface area contributed by atoms with Crippen LogP contribution in [0.4, 0.5) is 5.69 Å². The zero-order valence-electron chi connectivity index (χ0n) is 17.6. The topological polar surface area (TPSA) is 90.3 Å².